The number of alkyl carbamates (subject to hydrolysis) is 1. The van der Waals surface area contributed by atoms with E-state index in [-0.39, 0.29) is 12.1 Å². The fourth-order valence-corrected chi connectivity index (χ4v) is 2.67. The van der Waals surface area contributed by atoms with Gasteiger partial charge in [-0.3, -0.25) is 0 Å². The molecule has 1 N–H and O–H groups in total. The molecule has 0 aliphatic heterocycles. The molecule has 0 aromatic carbocycles. The minimum atomic E-state index is -0.342. The smallest absolute Gasteiger partial charge is 0.407 e. The lowest BCUT2D eigenvalue weighted by Gasteiger charge is -2.33. The van der Waals surface area contributed by atoms with Crippen LogP contribution in [-0.4, -0.2) is 23.2 Å². The first kappa shape index (κ1) is 11.8. The van der Waals surface area contributed by atoms with Crippen LogP contribution in [0.1, 0.15) is 13.8 Å². The zero-order valence-corrected chi connectivity index (χ0v) is 10.8. The van der Waals surface area contributed by atoms with Gasteiger partial charge in [-0.2, -0.15) is 0 Å². The van der Waals surface area contributed by atoms with E-state index >= 15 is 0 Å². The van der Waals surface area contributed by atoms with Crippen LogP contribution in [-0.2, 0) is 4.74 Å². The van der Waals surface area contributed by atoms with E-state index in [1.807, 2.05) is 0 Å². The van der Waals surface area contributed by atoms with Gasteiger partial charge in [0.25, 0.3) is 0 Å². The van der Waals surface area contributed by atoms with Crippen LogP contribution in [0.25, 0.3) is 0 Å². The van der Waals surface area contributed by atoms with E-state index in [9.17, 15) is 4.79 Å². The Morgan fingerprint density at radius 2 is 1.93 bits per heavy atom. The number of alkyl halides is 1. The number of ether oxygens (including phenoxy) is 1. The van der Waals surface area contributed by atoms with E-state index < -0.39 is 0 Å². The fourth-order valence-electron chi connectivity index (χ4n) is 1.60. The first-order valence-electron chi connectivity index (χ1n) is 4.73. The van der Waals surface area contributed by atoms with E-state index in [1.165, 1.54) is 7.11 Å². The standard InChI is InChI=1S/C10H16INO2/c1-6-4-5-7(2)9(8(6)11)12-10(13)14-3/h4-9H,1-3H3,(H,12,13)/t6-,7-,8-,9+/m0/s1. The molecule has 0 saturated heterocycles. The number of hydrogen-bond acceptors (Lipinski definition) is 2. The average molecular weight is 309 g/mol. The molecule has 0 spiro atoms. The van der Waals surface area contributed by atoms with Gasteiger partial charge < -0.3 is 10.1 Å². The van der Waals surface area contributed by atoms with E-state index in [2.05, 4.69) is 58.6 Å². The molecule has 1 rings (SSSR count). The van der Waals surface area contributed by atoms with Crippen LogP contribution in [0.5, 0.6) is 0 Å². The van der Waals surface area contributed by atoms with Crippen LogP contribution in [0.15, 0.2) is 12.2 Å². The Hall–Kier alpha value is -0.260. The van der Waals surface area contributed by atoms with Crippen molar-refractivity contribution in [3.05, 3.63) is 12.2 Å². The fraction of sp³-hybridized carbons (Fsp3) is 0.700. The van der Waals surface area contributed by atoms with Gasteiger partial charge in [-0.05, 0) is 11.8 Å². The van der Waals surface area contributed by atoms with Crippen molar-refractivity contribution in [3.63, 3.8) is 0 Å². The van der Waals surface area contributed by atoms with Crippen LogP contribution >= 0.6 is 22.6 Å². The zero-order chi connectivity index (χ0) is 10.7. The predicted molar refractivity (Wildman–Crippen MR) is 64.6 cm³/mol. The number of hydrogen-bond donors (Lipinski definition) is 1. The molecular formula is C10H16INO2. The van der Waals surface area contributed by atoms with Gasteiger partial charge in [0, 0.05) is 3.92 Å². The lowest BCUT2D eigenvalue weighted by Crippen LogP contribution is -2.48. The quantitative estimate of drug-likeness (QED) is 0.459. The number of methoxy groups -OCH3 is 1. The van der Waals surface area contributed by atoms with Crippen molar-refractivity contribution in [2.24, 2.45) is 11.8 Å². The number of nitrogens with one attached hydrogen (secondary N) is 1. The Morgan fingerprint density at radius 1 is 1.36 bits per heavy atom. The Kier molecular flexibility index (Phi) is 4.22. The summed E-state index contributed by atoms with van der Waals surface area (Å²) in [6, 6.07) is 0.169. The van der Waals surface area contributed by atoms with E-state index in [0.29, 0.717) is 15.8 Å². The van der Waals surface area contributed by atoms with Crippen molar-refractivity contribution in [3.8, 4) is 0 Å². The molecule has 0 aromatic rings. The third-order valence-electron chi connectivity index (χ3n) is 2.60. The lowest BCUT2D eigenvalue weighted by molar-refractivity contribution is 0.162. The summed E-state index contributed by atoms with van der Waals surface area (Å²) in [6.45, 7) is 4.26. The molecule has 1 amide bonds. The van der Waals surface area contributed by atoms with Crippen molar-refractivity contribution in [2.45, 2.75) is 23.8 Å². The highest BCUT2D eigenvalue weighted by molar-refractivity contribution is 14.1. The maximum atomic E-state index is 11.1. The van der Waals surface area contributed by atoms with Crippen LogP contribution < -0.4 is 5.32 Å². The predicted octanol–water partition coefficient (Wildman–Crippen LogP) is 2.36. The monoisotopic (exact) mass is 309 g/mol. The number of carbonyl (C=O) groups is 1. The van der Waals surface area contributed by atoms with Crippen LogP contribution in [0.3, 0.4) is 0 Å². The second kappa shape index (κ2) is 5.00. The van der Waals surface area contributed by atoms with Gasteiger partial charge >= 0.3 is 6.09 Å². The average Bonchev–Trinajstić information content (AvgIpc) is 2.18. The lowest BCUT2D eigenvalue weighted by atomic mass is 9.86. The van der Waals surface area contributed by atoms with Crippen molar-refractivity contribution in [1.82, 2.24) is 5.32 Å². The summed E-state index contributed by atoms with van der Waals surface area (Å²) >= 11 is 2.39. The normalized spacial score (nSPS) is 36.6. The number of halogens is 1. The molecule has 14 heavy (non-hydrogen) atoms. The molecule has 3 nitrogen and oxygen atoms in total. The van der Waals surface area contributed by atoms with Crippen molar-refractivity contribution in [2.75, 3.05) is 7.11 Å². The Morgan fingerprint density at radius 3 is 2.50 bits per heavy atom. The second-order valence-corrected chi connectivity index (χ2v) is 5.15. The molecule has 0 bridgehead atoms. The zero-order valence-electron chi connectivity index (χ0n) is 8.66. The van der Waals surface area contributed by atoms with Crippen molar-refractivity contribution in [1.29, 1.82) is 0 Å². The maximum Gasteiger partial charge on any atom is 0.407 e. The maximum absolute atomic E-state index is 11.1. The molecule has 0 unspecified atom stereocenters. The van der Waals surface area contributed by atoms with Crippen molar-refractivity contribution >= 4 is 28.7 Å². The summed E-state index contributed by atoms with van der Waals surface area (Å²) in [7, 11) is 1.39. The van der Waals surface area contributed by atoms with E-state index in [1.54, 1.807) is 0 Å². The first-order chi connectivity index (χ1) is 6.56. The van der Waals surface area contributed by atoms with Gasteiger partial charge in [0.15, 0.2) is 0 Å². The minimum absolute atomic E-state index is 0.169. The molecular weight excluding hydrogens is 293 g/mol. The van der Waals surface area contributed by atoms with Gasteiger partial charge in [-0.25, -0.2) is 4.79 Å². The molecule has 4 heteroatoms. The summed E-state index contributed by atoms with van der Waals surface area (Å²) in [5.74, 6) is 0.862. The van der Waals surface area contributed by atoms with Gasteiger partial charge in [-0.1, -0.05) is 48.6 Å². The molecule has 4 atom stereocenters. The molecule has 0 aromatic heterocycles. The molecule has 0 radical (unpaired) electrons. The molecule has 0 fully saturated rings. The largest absolute Gasteiger partial charge is 0.453 e. The van der Waals surface area contributed by atoms with Gasteiger partial charge in [0.1, 0.15) is 0 Å². The van der Waals surface area contributed by atoms with Gasteiger partial charge in [0.05, 0.1) is 13.2 Å². The molecule has 1 aliphatic carbocycles. The topological polar surface area (TPSA) is 38.3 Å². The minimum Gasteiger partial charge on any atom is -0.453 e. The summed E-state index contributed by atoms with van der Waals surface area (Å²) < 4.78 is 5.03. The molecule has 1 aliphatic rings. The van der Waals surface area contributed by atoms with Gasteiger partial charge in [-0.15, -0.1) is 0 Å². The summed E-state index contributed by atoms with van der Waals surface area (Å²) in [5.41, 5.74) is 0. The summed E-state index contributed by atoms with van der Waals surface area (Å²) in [4.78, 5) is 11.1. The number of amides is 1. The highest BCUT2D eigenvalue weighted by Gasteiger charge is 2.31. The number of carbonyl (C=O) groups excluding carboxylic acids is 1. The SMILES string of the molecule is COC(=O)N[C@H]1[C@@H](I)[C@@H](C)C=C[C@@H]1C. The Bertz CT molecular complexity index is 242. The third-order valence-corrected chi connectivity index (χ3v) is 4.51. The Balaban J connectivity index is 2.66. The van der Waals surface area contributed by atoms with Crippen LogP contribution in [0, 0.1) is 11.8 Å². The number of allylic oxidation sites excluding steroid dienone is 1. The van der Waals surface area contributed by atoms with Crippen LogP contribution in [0.2, 0.25) is 0 Å². The molecule has 80 valence electrons. The molecule has 0 saturated carbocycles. The summed E-state index contributed by atoms with van der Waals surface area (Å²) in [5, 5.41) is 2.88. The van der Waals surface area contributed by atoms with Gasteiger partial charge in [0.2, 0.25) is 0 Å². The Labute approximate surface area is 98.4 Å². The second-order valence-electron chi connectivity index (χ2n) is 3.71. The van der Waals surface area contributed by atoms with E-state index in [4.69, 9.17) is 0 Å². The number of rotatable bonds is 1. The highest BCUT2D eigenvalue weighted by atomic mass is 127. The summed E-state index contributed by atoms with van der Waals surface area (Å²) in [6.07, 6.45) is 4.02. The molecule has 0 heterocycles. The highest BCUT2D eigenvalue weighted by Crippen LogP contribution is 2.28. The first-order valence-corrected chi connectivity index (χ1v) is 5.97. The van der Waals surface area contributed by atoms with E-state index in [0.717, 1.165) is 0 Å². The third kappa shape index (κ3) is 2.62. The van der Waals surface area contributed by atoms with Crippen molar-refractivity contribution < 1.29 is 9.53 Å². The van der Waals surface area contributed by atoms with Crippen LogP contribution in [0.4, 0.5) is 4.79 Å².